The number of furan rings is 1. The monoisotopic (exact) mass is 323 g/mol. The van der Waals surface area contributed by atoms with Crippen molar-refractivity contribution in [3.63, 3.8) is 0 Å². The van der Waals surface area contributed by atoms with E-state index in [2.05, 4.69) is 21.2 Å². The number of nitrogens with one attached hydrogen (secondary N) is 1. The molecule has 0 spiro atoms. The van der Waals surface area contributed by atoms with Crippen LogP contribution in [0.15, 0.2) is 45.5 Å². The SMILES string of the molecule is CC(NCc1occc1C(=O)O)c1cccc(Br)c1. The lowest BCUT2D eigenvalue weighted by molar-refractivity contribution is 0.0694. The molecule has 0 saturated carbocycles. The summed E-state index contributed by atoms with van der Waals surface area (Å²) in [7, 11) is 0. The largest absolute Gasteiger partial charge is 0.478 e. The van der Waals surface area contributed by atoms with Gasteiger partial charge in [0.2, 0.25) is 0 Å². The summed E-state index contributed by atoms with van der Waals surface area (Å²) in [6.07, 6.45) is 1.39. The van der Waals surface area contributed by atoms with Crippen molar-refractivity contribution < 1.29 is 14.3 Å². The topological polar surface area (TPSA) is 62.5 Å². The minimum atomic E-state index is -0.972. The van der Waals surface area contributed by atoms with Crippen molar-refractivity contribution in [1.29, 1.82) is 0 Å². The molecular formula is C14H14BrNO3. The Morgan fingerprint density at radius 1 is 1.47 bits per heavy atom. The highest BCUT2D eigenvalue weighted by Crippen LogP contribution is 2.19. The molecule has 1 unspecified atom stereocenters. The molecule has 1 heterocycles. The molecule has 0 amide bonds. The molecule has 0 fully saturated rings. The first-order chi connectivity index (χ1) is 9.08. The third-order valence-electron chi connectivity index (χ3n) is 2.89. The zero-order valence-corrected chi connectivity index (χ0v) is 12.0. The molecule has 2 rings (SSSR count). The molecule has 2 aromatic rings. The summed E-state index contributed by atoms with van der Waals surface area (Å²) < 4.78 is 6.20. The molecule has 19 heavy (non-hydrogen) atoms. The summed E-state index contributed by atoms with van der Waals surface area (Å²) in [6, 6.07) is 9.53. The first kappa shape index (κ1) is 13.8. The predicted octanol–water partition coefficient (Wildman–Crippen LogP) is 3.59. The van der Waals surface area contributed by atoms with Crippen LogP contribution in [0.5, 0.6) is 0 Å². The molecule has 0 bridgehead atoms. The zero-order chi connectivity index (χ0) is 13.8. The molecule has 1 aromatic carbocycles. The number of carbonyl (C=O) groups is 1. The number of halogens is 1. The maximum absolute atomic E-state index is 10.9. The van der Waals surface area contributed by atoms with Crippen LogP contribution in [0.4, 0.5) is 0 Å². The van der Waals surface area contributed by atoms with Crippen molar-refractivity contribution in [3.8, 4) is 0 Å². The maximum Gasteiger partial charge on any atom is 0.339 e. The number of benzene rings is 1. The predicted molar refractivity (Wildman–Crippen MR) is 75.1 cm³/mol. The van der Waals surface area contributed by atoms with Gasteiger partial charge < -0.3 is 14.8 Å². The average molecular weight is 324 g/mol. The van der Waals surface area contributed by atoms with Gasteiger partial charge in [-0.05, 0) is 30.7 Å². The van der Waals surface area contributed by atoms with Crippen LogP contribution in [0.1, 0.15) is 34.6 Å². The van der Waals surface area contributed by atoms with Gasteiger partial charge in [-0.3, -0.25) is 0 Å². The summed E-state index contributed by atoms with van der Waals surface area (Å²) in [6.45, 7) is 2.40. The minimum Gasteiger partial charge on any atom is -0.478 e. The Bertz CT molecular complexity index is 580. The molecule has 1 atom stereocenters. The van der Waals surface area contributed by atoms with E-state index in [0.717, 1.165) is 10.0 Å². The van der Waals surface area contributed by atoms with Gasteiger partial charge >= 0.3 is 5.97 Å². The van der Waals surface area contributed by atoms with E-state index >= 15 is 0 Å². The number of aromatic carboxylic acids is 1. The molecule has 0 saturated heterocycles. The highest BCUT2D eigenvalue weighted by atomic mass is 79.9. The van der Waals surface area contributed by atoms with Crippen LogP contribution >= 0.6 is 15.9 Å². The van der Waals surface area contributed by atoms with Crippen LogP contribution in [0.25, 0.3) is 0 Å². The van der Waals surface area contributed by atoms with Crippen molar-refractivity contribution in [2.45, 2.75) is 19.5 Å². The zero-order valence-electron chi connectivity index (χ0n) is 10.4. The van der Waals surface area contributed by atoms with E-state index in [0.29, 0.717) is 12.3 Å². The number of rotatable bonds is 5. The molecule has 100 valence electrons. The van der Waals surface area contributed by atoms with Gasteiger partial charge in [-0.15, -0.1) is 0 Å². The average Bonchev–Trinajstić information content (AvgIpc) is 2.84. The molecule has 2 N–H and O–H groups in total. The second-order valence-electron chi connectivity index (χ2n) is 4.22. The summed E-state index contributed by atoms with van der Waals surface area (Å²) in [5.74, 6) is -0.532. The highest BCUT2D eigenvalue weighted by Gasteiger charge is 2.14. The van der Waals surface area contributed by atoms with Gasteiger partial charge in [0.15, 0.2) is 0 Å². The van der Waals surface area contributed by atoms with E-state index < -0.39 is 5.97 Å². The van der Waals surface area contributed by atoms with Crippen LogP contribution in [0.3, 0.4) is 0 Å². The second-order valence-corrected chi connectivity index (χ2v) is 5.14. The first-order valence-corrected chi connectivity index (χ1v) is 6.65. The van der Waals surface area contributed by atoms with E-state index in [1.165, 1.54) is 12.3 Å². The van der Waals surface area contributed by atoms with Crippen LogP contribution in [-0.2, 0) is 6.54 Å². The van der Waals surface area contributed by atoms with Crippen molar-refractivity contribution in [3.05, 3.63) is 58.0 Å². The summed E-state index contributed by atoms with van der Waals surface area (Å²) >= 11 is 3.43. The van der Waals surface area contributed by atoms with Crippen LogP contribution in [0, 0.1) is 0 Å². The highest BCUT2D eigenvalue weighted by molar-refractivity contribution is 9.10. The smallest absolute Gasteiger partial charge is 0.339 e. The van der Waals surface area contributed by atoms with Gasteiger partial charge in [-0.1, -0.05) is 28.1 Å². The Kier molecular flexibility index (Phi) is 4.39. The lowest BCUT2D eigenvalue weighted by Gasteiger charge is -2.13. The summed E-state index contributed by atoms with van der Waals surface area (Å²) in [5, 5.41) is 12.2. The van der Waals surface area contributed by atoms with Crippen molar-refractivity contribution >= 4 is 21.9 Å². The molecule has 1 aromatic heterocycles. The molecule has 5 heteroatoms. The van der Waals surface area contributed by atoms with Gasteiger partial charge in [0, 0.05) is 10.5 Å². The standard InChI is InChI=1S/C14H14BrNO3/c1-9(10-3-2-4-11(15)7-10)16-8-13-12(14(17)18)5-6-19-13/h2-7,9,16H,8H2,1H3,(H,17,18). The van der Waals surface area contributed by atoms with Gasteiger partial charge in [0.25, 0.3) is 0 Å². The second kappa shape index (κ2) is 6.04. The van der Waals surface area contributed by atoms with Crippen LogP contribution < -0.4 is 5.32 Å². The lowest BCUT2D eigenvalue weighted by atomic mass is 10.1. The fraction of sp³-hybridized carbons (Fsp3) is 0.214. The Morgan fingerprint density at radius 3 is 2.95 bits per heavy atom. The van der Waals surface area contributed by atoms with Crippen molar-refractivity contribution in [2.75, 3.05) is 0 Å². The third-order valence-corrected chi connectivity index (χ3v) is 3.39. The number of hydrogen-bond acceptors (Lipinski definition) is 3. The fourth-order valence-corrected chi connectivity index (χ4v) is 2.22. The van der Waals surface area contributed by atoms with E-state index in [1.807, 2.05) is 31.2 Å². The molecule has 0 aliphatic heterocycles. The minimum absolute atomic E-state index is 0.101. The van der Waals surface area contributed by atoms with Crippen LogP contribution in [0.2, 0.25) is 0 Å². The Balaban J connectivity index is 2.02. The van der Waals surface area contributed by atoms with Gasteiger partial charge in [-0.25, -0.2) is 4.79 Å². The first-order valence-electron chi connectivity index (χ1n) is 5.86. The number of hydrogen-bond donors (Lipinski definition) is 2. The normalized spacial score (nSPS) is 12.3. The fourth-order valence-electron chi connectivity index (χ4n) is 1.81. The van der Waals surface area contributed by atoms with E-state index in [-0.39, 0.29) is 11.6 Å². The Hall–Kier alpha value is -1.59. The van der Waals surface area contributed by atoms with Crippen molar-refractivity contribution in [2.24, 2.45) is 0 Å². The van der Waals surface area contributed by atoms with E-state index in [4.69, 9.17) is 9.52 Å². The number of carboxylic acids is 1. The summed E-state index contributed by atoms with van der Waals surface area (Å²) in [4.78, 5) is 10.9. The Labute approximate surface area is 119 Å². The van der Waals surface area contributed by atoms with E-state index in [9.17, 15) is 4.79 Å². The molecule has 4 nitrogen and oxygen atoms in total. The van der Waals surface area contributed by atoms with Gasteiger partial charge in [0.05, 0.1) is 12.8 Å². The maximum atomic E-state index is 10.9. The van der Waals surface area contributed by atoms with Crippen LogP contribution in [-0.4, -0.2) is 11.1 Å². The molecule has 0 aliphatic carbocycles. The van der Waals surface area contributed by atoms with E-state index in [1.54, 1.807) is 0 Å². The van der Waals surface area contributed by atoms with Crippen molar-refractivity contribution in [1.82, 2.24) is 5.32 Å². The van der Waals surface area contributed by atoms with Gasteiger partial charge in [-0.2, -0.15) is 0 Å². The third kappa shape index (κ3) is 3.45. The summed E-state index contributed by atoms with van der Waals surface area (Å²) in [5.41, 5.74) is 1.33. The number of carboxylic acid groups (broad SMARTS) is 1. The lowest BCUT2D eigenvalue weighted by Crippen LogP contribution is -2.19. The van der Waals surface area contributed by atoms with Gasteiger partial charge in [0.1, 0.15) is 11.3 Å². The molecular weight excluding hydrogens is 310 g/mol. The Morgan fingerprint density at radius 2 is 2.26 bits per heavy atom. The molecule has 0 radical (unpaired) electrons. The molecule has 0 aliphatic rings. The quantitative estimate of drug-likeness (QED) is 0.882.